The number of unbranched alkanes of at least 4 members (excludes halogenated alkanes) is 1. The van der Waals surface area contributed by atoms with Crippen molar-refractivity contribution in [2.75, 3.05) is 44.2 Å². The smallest absolute Gasteiger partial charge is 0.233 e. The molecule has 0 spiro atoms. The second-order valence-electron chi connectivity index (χ2n) is 8.73. The van der Waals surface area contributed by atoms with Gasteiger partial charge < -0.3 is 4.90 Å². The SMILES string of the molecule is [2H]c1cnc(N2CCN(CCCCN3C(=O)[C@@H]4[C@@H]5CC[C@@H](C5)[C@@H]4C3=O)CC2)nc1. The van der Waals surface area contributed by atoms with E-state index in [0.717, 1.165) is 64.8 Å². The van der Waals surface area contributed by atoms with Crippen molar-refractivity contribution in [3.63, 3.8) is 0 Å². The number of rotatable bonds is 6. The summed E-state index contributed by atoms with van der Waals surface area (Å²) in [6, 6.07) is 0.332. The van der Waals surface area contributed by atoms with Gasteiger partial charge in [0.15, 0.2) is 0 Å². The summed E-state index contributed by atoms with van der Waals surface area (Å²) < 4.78 is 7.48. The quantitative estimate of drug-likeness (QED) is 0.546. The van der Waals surface area contributed by atoms with Crippen LogP contribution in [0.5, 0.6) is 0 Å². The van der Waals surface area contributed by atoms with Gasteiger partial charge in [-0.2, -0.15) is 0 Å². The predicted octanol–water partition coefficient (Wildman–Crippen LogP) is 1.41. The minimum atomic E-state index is 0.0145. The number of carbonyl (C=O) groups is 2. The minimum Gasteiger partial charge on any atom is -0.338 e. The molecule has 2 amide bonds. The largest absolute Gasteiger partial charge is 0.338 e. The Balaban J connectivity index is 1.05. The van der Waals surface area contributed by atoms with Crippen molar-refractivity contribution >= 4 is 17.8 Å². The predicted molar refractivity (Wildman–Crippen MR) is 104 cm³/mol. The van der Waals surface area contributed by atoms with Crippen molar-refractivity contribution in [3.8, 4) is 0 Å². The highest BCUT2D eigenvalue weighted by atomic mass is 16.2. The Morgan fingerprint density at radius 3 is 2.18 bits per heavy atom. The van der Waals surface area contributed by atoms with Crippen molar-refractivity contribution < 1.29 is 11.0 Å². The zero-order chi connectivity index (χ0) is 20.0. The summed E-state index contributed by atoms with van der Waals surface area (Å²) in [7, 11) is 0. The number of imide groups is 1. The average Bonchev–Trinajstić information content (AvgIpc) is 3.41. The van der Waals surface area contributed by atoms with Gasteiger partial charge in [-0.05, 0) is 56.5 Å². The first-order chi connectivity index (χ1) is 14.1. The molecule has 0 unspecified atom stereocenters. The van der Waals surface area contributed by atoms with Crippen molar-refractivity contribution in [1.82, 2.24) is 19.8 Å². The number of carbonyl (C=O) groups excluding carboxylic acids is 2. The van der Waals surface area contributed by atoms with Gasteiger partial charge in [-0.25, -0.2) is 9.97 Å². The third kappa shape index (κ3) is 3.09. The molecule has 4 aliphatic rings. The van der Waals surface area contributed by atoms with Crippen LogP contribution >= 0.6 is 0 Å². The van der Waals surface area contributed by atoms with Crippen molar-refractivity contribution in [2.45, 2.75) is 32.1 Å². The van der Waals surface area contributed by atoms with E-state index < -0.39 is 0 Å². The molecule has 2 saturated carbocycles. The van der Waals surface area contributed by atoms with E-state index in [2.05, 4.69) is 19.8 Å². The summed E-state index contributed by atoms with van der Waals surface area (Å²) in [5.74, 6) is 1.93. The first-order valence-corrected chi connectivity index (χ1v) is 10.7. The van der Waals surface area contributed by atoms with Crippen LogP contribution in [0.15, 0.2) is 18.4 Å². The Labute approximate surface area is 167 Å². The van der Waals surface area contributed by atoms with Gasteiger partial charge in [0.1, 0.15) is 0 Å². The van der Waals surface area contributed by atoms with E-state index in [9.17, 15) is 9.59 Å². The molecule has 2 bridgehead atoms. The Kier molecular flexibility index (Phi) is 4.48. The van der Waals surface area contributed by atoms with E-state index in [0.29, 0.717) is 30.4 Å². The van der Waals surface area contributed by atoms with Crippen molar-refractivity contribution in [2.24, 2.45) is 23.7 Å². The van der Waals surface area contributed by atoms with Gasteiger partial charge in [-0.15, -0.1) is 0 Å². The molecule has 1 aromatic heterocycles. The number of likely N-dealkylation sites (tertiary alicyclic amines) is 1. The Bertz CT molecular complexity index is 752. The van der Waals surface area contributed by atoms with E-state index in [1.165, 1.54) is 12.4 Å². The minimum absolute atomic E-state index is 0.0145. The molecule has 3 heterocycles. The van der Waals surface area contributed by atoms with E-state index in [1.807, 2.05) is 0 Å². The lowest BCUT2D eigenvalue weighted by Gasteiger charge is -2.34. The van der Waals surface area contributed by atoms with E-state index >= 15 is 0 Å². The highest BCUT2D eigenvalue weighted by Gasteiger charge is 2.60. The van der Waals surface area contributed by atoms with Crippen LogP contribution in [-0.2, 0) is 9.59 Å². The Hall–Kier alpha value is -2.02. The number of hydrogen-bond donors (Lipinski definition) is 0. The van der Waals surface area contributed by atoms with Crippen LogP contribution in [0.3, 0.4) is 0 Å². The summed E-state index contributed by atoms with van der Waals surface area (Å²) >= 11 is 0. The van der Waals surface area contributed by atoms with Gasteiger partial charge in [0.2, 0.25) is 17.8 Å². The molecule has 2 aliphatic carbocycles. The van der Waals surface area contributed by atoms with Crippen LogP contribution < -0.4 is 4.90 Å². The maximum atomic E-state index is 12.7. The molecule has 28 heavy (non-hydrogen) atoms. The average molecular weight is 385 g/mol. The summed E-state index contributed by atoms with van der Waals surface area (Å²) in [6.07, 6.45) is 8.35. The van der Waals surface area contributed by atoms with E-state index in [1.54, 1.807) is 4.90 Å². The summed E-state index contributed by atoms with van der Waals surface area (Å²) in [4.78, 5) is 40.1. The molecular formula is C21H29N5O2. The van der Waals surface area contributed by atoms with Crippen molar-refractivity contribution in [3.05, 3.63) is 18.4 Å². The molecule has 7 nitrogen and oxygen atoms in total. The summed E-state index contributed by atoms with van der Waals surface area (Å²) in [5.41, 5.74) is 0. The maximum Gasteiger partial charge on any atom is 0.233 e. The van der Waals surface area contributed by atoms with Gasteiger partial charge in [0, 0.05) is 45.1 Å². The molecule has 0 radical (unpaired) electrons. The molecular weight excluding hydrogens is 354 g/mol. The number of anilines is 1. The maximum absolute atomic E-state index is 12.7. The molecule has 2 aliphatic heterocycles. The van der Waals surface area contributed by atoms with Gasteiger partial charge in [-0.1, -0.05) is 0 Å². The monoisotopic (exact) mass is 384 g/mol. The lowest BCUT2D eigenvalue weighted by atomic mass is 9.81. The number of piperazine rings is 1. The van der Waals surface area contributed by atoms with Crippen LogP contribution in [-0.4, -0.2) is 70.9 Å². The summed E-state index contributed by atoms with van der Waals surface area (Å²) in [6.45, 7) is 5.27. The fourth-order valence-electron chi connectivity index (χ4n) is 5.89. The zero-order valence-electron chi connectivity index (χ0n) is 17.3. The number of aromatic nitrogens is 2. The second-order valence-corrected chi connectivity index (χ2v) is 8.73. The van der Waals surface area contributed by atoms with E-state index in [-0.39, 0.29) is 23.7 Å². The van der Waals surface area contributed by atoms with Gasteiger partial charge >= 0.3 is 0 Å². The number of fused-ring (bicyclic) bond motifs is 5. The lowest BCUT2D eigenvalue weighted by Crippen LogP contribution is -2.47. The van der Waals surface area contributed by atoms with E-state index in [4.69, 9.17) is 1.37 Å². The number of amides is 2. The molecule has 7 heteroatoms. The van der Waals surface area contributed by atoms with Gasteiger partial charge in [-0.3, -0.25) is 19.4 Å². The molecule has 4 atom stereocenters. The fourth-order valence-corrected chi connectivity index (χ4v) is 5.89. The molecule has 1 aromatic rings. The molecule has 150 valence electrons. The fraction of sp³-hybridized carbons (Fsp3) is 0.714. The molecule has 0 N–H and O–H groups in total. The van der Waals surface area contributed by atoms with Crippen LogP contribution in [0.25, 0.3) is 0 Å². The highest BCUT2D eigenvalue weighted by molar-refractivity contribution is 6.06. The van der Waals surface area contributed by atoms with Gasteiger partial charge in [0.05, 0.1) is 13.2 Å². The lowest BCUT2D eigenvalue weighted by molar-refractivity contribution is -0.140. The molecule has 5 rings (SSSR count). The van der Waals surface area contributed by atoms with Crippen LogP contribution in [0.1, 0.15) is 33.5 Å². The Morgan fingerprint density at radius 2 is 1.54 bits per heavy atom. The summed E-state index contributed by atoms with van der Waals surface area (Å²) in [5, 5.41) is 0. The third-order valence-electron chi connectivity index (χ3n) is 7.29. The Morgan fingerprint density at radius 1 is 0.929 bits per heavy atom. The zero-order valence-corrected chi connectivity index (χ0v) is 16.3. The van der Waals surface area contributed by atoms with Crippen LogP contribution in [0, 0.1) is 23.7 Å². The second kappa shape index (κ2) is 7.43. The van der Waals surface area contributed by atoms with Crippen molar-refractivity contribution in [1.29, 1.82) is 0 Å². The normalized spacial score (nSPS) is 32.9. The molecule has 0 aromatic carbocycles. The number of hydrogen-bond acceptors (Lipinski definition) is 6. The van der Waals surface area contributed by atoms with Gasteiger partial charge in [0.25, 0.3) is 0 Å². The molecule has 4 fully saturated rings. The first-order valence-electron chi connectivity index (χ1n) is 11.2. The first kappa shape index (κ1) is 16.9. The molecule has 2 saturated heterocycles. The third-order valence-corrected chi connectivity index (χ3v) is 7.29. The van der Waals surface area contributed by atoms with Crippen LogP contribution in [0.2, 0.25) is 0 Å². The standard InChI is InChI=1S/C21H29N5O2/c27-19-17-15-4-5-16(14-15)18(17)20(28)26(19)9-2-1-8-24-10-12-25(13-11-24)21-22-6-3-7-23-21/h3,6-7,15-18H,1-2,4-5,8-14H2/t15-,16+,17-,18+/i3D. The van der Waals surface area contributed by atoms with Crippen LogP contribution in [0.4, 0.5) is 5.95 Å². The highest BCUT2D eigenvalue weighted by Crippen LogP contribution is 2.56. The number of nitrogens with zero attached hydrogens (tertiary/aromatic N) is 5. The topological polar surface area (TPSA) is 69.6 Å².